The van der Waals surface area contributed by atoms with Crippen LogP contribution >= 0.6 is 24.4 Å². The fourth-order valence-corrected chi connectivity index (χ4v) is 2.67. The Hall–Kier alpha value is -1.28. The van der Waals surface area contributed by atoms with Crippen LogP contribution in [0.5, 0.6) is 0 Å². The number of thiocarbonyl (C=S) groups is 2. The van der Waals surface area contributed by atoms with Crippen LogP contribution in [-0.4, -0.2) is 58.0 Å². The second-order valence-electron chi connectivity index (χ2n) is 4.53. The average molecular weight is 300 g/mol. The summed E-state index contributed by atoms with van der Waals surface area (Å²) >= 11 is 10.2. The Labute approximate surface area is 122 Å². The highest BCUT2D eigenvalue weighted by Gasteiger charge is 2.21. The van der Waals surface area contributed by atoms with E-state index >= 15 is 0 Å². The molecule has 0 aromatic rings. The van der Waals surface area contributed by atoms with Crippen molar-refractivity contribution in [1.82, 2.24) is 20.4 Å². The van der Waals surface area contributed by atoms with Crippen molar-refractivity contribution < 1.29 is 9.59 Å². The minimum absolute atomic E-state index is 0.0128. The van der Waals surface area contributed by atoms with Crippen LogP contribution in [0.15, 0.2) is 0 Å². The summed E-state index contributed by atoms with van der Waals surface area (Å²) in [6.07, 6.45) is 1.85. The zero-order valence-corrected chi connectivity index (χ0v) is 12.1. The van der Waals surface area contributed by atoms with E-state index in [1.54, 1.807) is 0 Å². The Bertz CT molecular complexity index is 389. The Morgan fingerprint density at radius 3 is 1.68 bits per heavy atom. The predicted octanol–water partition coefficient (Wildman–Crippen LogP) is -0.410. The van der Waals surface area contributed by atoms with Crippen LogP contribution in [0.2, 0.25) is 0 Å². The van der Waals surface area contributed by atoms with Crippen molar-refractivity contribution in [3.8, 4) is 0 Å². The van der Waals surface area contributed by atoms with Crippen LogP contribution in [0.4, 0.5) is 0 Å². The molecule has 0 unspecified atom stereocenters. The summed E-state index contributed by atoms with van der Waals surface area (Å²) < 4.78 is 0. The molecule has 0 aromatic carbocycles. The molecule has 2 aliphatic heterocycles. The Balaban J connectivity index is 1.72. The quantitative estimate of drug-likeness (QED) is 0.688. The van der Waals surface area contributed by atoms with E-state index in [2.05, 4.69) is 10.6 Å². The zero-order chi connectivity index (χ0) is 13.8. The molecule has 0 aromatic heterocycles. The van der Waals surface area contributed by atoms with Gasteiger partial charge in [-0.25, -0.2) is 0 Å². The van der Waals surface area contributed by atoms with Gasteiger partial charge in [0.25, 0.3) is 0 Å². The SMILES string of the molecule is O=C1CCN(CCCN2CCC(=O)NC2=S)C(=S)N1. The molecule has 0 aliphatic carbocycles. The van der Waals surface area contributed by atoms with Gasteiger partial charge >= 0.3 is 0 Å². The third-order valence-electron chi connectivity index (χ3n) is 3.14. The van der Waals surface area contributed by atoms with Crippen molar-refractivity contribution in [2.24, 2.45) is 0 Å². The van der Waals surface area contributed by atoms with E-state index in [4.69, 9.17) is 24.4 Å². The van der Waals surface area contributed by atoms with E-state index in [9.17, 15) is 9.59 Å². The largest absolute Gasteiger partial charge is 0.348 e. The lowest BCUT2D eigenvalue weighted by molar-refractivity contribution is -0.121. The van der Waals surface area contributed by atoms with Gasteiger partial charge in [0.2, 0.25) is 11.8 Å². The van der Waals surface area contributed by atoms with Gasteiger partial charge in [0, 0.05) is 39.0 Å². The fraction of sp³-hybridized carbons (Fsp3) is 0.636. The monoisotopic (exact) mass is 300 g/mol. The Kier molecular flexibility index (Phi) is 4.65. The third kappa shape index (κ3) is 3.84. The van der Waals surface area contributed by atoms with Gasteiger partial charge in [-0.15, -0.1) is 0 Å². The molecule has 2 N–H and O–H groups in total. The molecule has 0 saturated carbocycles. The van der Waals surface area contributed by atoms with Crippen molar-refractivity contribution in [2.45, 2.75) is 19.3 Å². The first-order chi connectivity index (χ1) is 9.06. The topological polar surface area (TPSA) is 64.7 Å². The lowest BCUT2D eigenvalue weighted by atomic mass is 10.2. The number of carbonyl (C=O) groups excluding carboxylic acids is 2. The Morgan fingerprint density at radius 2 is 1.32 bits per heavy atom. The van der Waals surface area contributed by atoms with Gasteiger partial charge in [0.1, 0.15) is 0 Å². The first-order valence-electron chi connectivity index (χ1n) is 6.24. The Morgan fingerprint density at radius 1 is 0.895 bits per heavy atom. The molecule has 2 heterocycles. The zero-order valence-electron chi connectivity index (χ0n) is 10.5. The van der Waals surface area contributed by atoms with Gasteiger partial charge < -0.3 is 20.4 Å². The molecule has 2 saturated heterocycles. The maximum atomic E-state index is 11.1. The molecule has 2 amide bonds. The highest BCUT2D eigenvalue weighted by molar-refractivity contribution is 7.80. The van der Waals surface area contributed by atoms with Gasteiger partial charge in [-0.3, -0.25) is 9.59 Å². The van der Waals surface area contributed by atoms with Gasteiger partial charge in [-0.05, 0) is 30.9 Å². The number of carbonyl (C=O) groups is 2. The number of hydrogen-bond acceptors (Lipinski definition) is 4. The lowest BCUT2D eigenvalue weighted by Crippen LogP contribution is -2.51. The van der Waals surface area contributed by atoms with Gasteiger partial charge in [-0.1, -0.05) is 0 Å². The van der Waals surface area contributed by atoms with E-state index in [1.165, 1.54) is 0 Å². The number of hydrogen-bond donors (Lipinski definition) is 2. The molecular formula is C11H16N4O2S2. The molecule has 2 rings (SSSR count). The summed E-state index contributed by atoms with van der Waals surface area (Å²) in [6, 6.07) is 0. The highest BCUT2D eigenvalue weighted by Crippen LogP contribution is 2.05. The van der Waals surface area contributed by atoms with Crippen molar-refractivity contribution in [2.75, 3.05) is 26.2 Å². The summed E-state index contributed by atoms with van der Waals surface area (Å²) in [6.45, 7) is 2.91. The summed E-state index contributed by atoms with van der Waals surface area (Å²) in [5.41, 5.74) is 0. The molecule has 104 valence electrons. The highest BCUT2D eigenvalue weighted by atomic mass is 32.1. The summed E-state index contributed by atoms with van der Waals surface area (Å²) in [4.78, 5) is 26.2. The van der Waals surface area contributed by atoms with Crippen LogP contribution in [0.3, 0.4) is 0 Å². The van der Waals surface area contributed by atoms with Crippen molar-refractivity contribution in [1.29, 1.82) is 0 Å². The summed E-state index contributed by atoms with van der Waals surface area (Å²) in [7, 11) is 0. The second-order valence-corrected chi connectivity index (χ2v) is 5.31. The number of amides is 2. The summed E-state index contributed by atoms with van der Waals surface area (Å²) in [5.74, 6) is -0.0256. The van der Waals surface area contributed by atoms with E-state index in [0.717, 1.165) is 19.5 Å². The lowest BCUT2D eigenvalue weighted by Gasteiger charge is -2.32. The van der Waals surface area contributed by atoms with Crippen molar-refractivity contribution in [3.63, 3.8) is 0 Å². The maximum Gasteiger partial charge on any atom is 0.227 e. The molecule has 0 atom stereocenters. The number of nitrogens with zero attached hydrogens (tertiary/aromatic N) is 2. The normalized spacial score (nSPS) is 20.4. The smallest absolute Gasteiger partial charge is 0.227 e. The number of nitrogens with one attached hydrogen (secondary N) is 2. The minimum Gasteiger partial charge on any atom is -0.348 e. The predicted molar refractivity (Wildman–Crippen MR) is 78.5 cm³/mol. The maximum absolute atomic E-state index is 11.1. The fourth-order valence-electron chi connectivity index (χ4n) is 2.08. The first-order valence-corrected chi connectivity index (χ1v) is 7.05. The average Bonchev–Trinajstić information content (AvgIpc) is 2.34. The van der Waals surface area contributed by atoms with Crippen LogP contribution in [0, 0.1) is 0 Å². The number of rotatable bonds is 4. The molecule has 19 heavy (non-hydrogen) atoms. The molecule has 0 radical (unpaired) electrons. The molecular weight excluding hydrogens is 284 g/mol. The van der Waals surface area contributed by atoms with Crippen LogP contribution in [0.25, 0.3) is 0 Å². The molecule has 2 aliphatic rings. The third-order valence-corrected chi connectivity index (χ3v) is 3.86. The van der Waals surface area contributed by atoms with Crippen LogP contribution in [0.1, 0.15) is 19.3 Å². The van der Waals surface area contributed by atoms with Crippen LogP contribution in [-0.2, 0) is 9.59 Å². The van der Waals surface area contributed by atoms with E-state index in [-0.39, 0.29) is 11.8 Å². The van der Waals surface area contributed by atoms with Gasteiger partial charge in [0.15, 0.2) is 10.2 Å². The minimum atomic E-state index is -0.0128. The van der Waals surface area contributed by atoms with E-state index < -0.39 is 0 Å². The molecule has 8 heteroatoms. The summed E-state index contributed by atoms with van der Waals surface area (Å²) in [5, 5.41) is 6.32. The molecule has 0 spiro atoms. The van der Waals surface area contributed by atoms with Crippen molar-refractivity contribution >= 4 is 46.5 Å². The first kappa shape index (κ1) is 14.1. The molecule has 6 nitrogen and oxygen atoms in total. The molecule has 0 bridgehead atoms. The van der Waals surface area contributed by atoms with E-state index in [1.807, 2.05) is 9.80 Å². The van der Waals surface area contributed by atoms with E-state index in [0.29, 0.717) is 36.2 Å². The molecule has 2 fully saturated rings. The van der Waals surface area contributed by atoms with Crippen LogP contribution < -0.4 is 10.6 Å². The van der Waals surface area contributed by atoms with Crippen molar-refractivity contribution in [3.05, 3.63) is 0 Å². The standard InChI is InChI=1S/C11H16N4O2S2/c16-8-2-6-14(10(18)12-8)4-1-5-15-7-3-9(17)13-11(15)19/h1-7H2,(H,12,16,18)(H,13,17,19). The van der Waals surface area contributed by atoms with Gasteiger partial charge in [0.05, 0.1) is 0 Å². The van der Waals surface area contributed by atoms with Gasteiger partial charge in [-0.2, -0.15) is 0 Å². The second kappa shape index (κ2) is 6.25.